The average molecular weight is 587 g/mol. The molecule has 2 atom stereocenters. The molecule has 8 nitrogen and oxygen atoms in total. The lowest BCUT2D eigenvalue weighted by Gasteiger charge is -2.41. The van der Waals surface area contributed by atoms with Gasteiger partial charge in [0.2, 0.25) is 5.91 Å². The number of carbonyl (C=O) groups excluding carboxylic acids is 1. The minimum Gasteiger partial charge on any atom is -0.350 e. The standard InChI is InChI=1S/C28H29ClF2N6O2S/c1-3-23(38)35-8-9-36(16(2)12-35)27-20-11-21(29)24(19-5-4-17(30)10-22(19)31)26-25(20)37(28(39)33-27)18(14-40-26)13-34-7-6-32-15-34/h3-5,10-11,16,18,32H,1,6-9,12-15H2,2H3/t16-,18?/m0/s1. The zero-order valence-corrected chi connectivity index (χ0v) is 23.6. The summed E-state index contributed by atoms with van der Waals surface area (Å²) in [5.41, 5.74) is 0.896. The molecule has 1 amide bonds. The van der Waals surface area contributed by atoms with Gasteiger partial charge in [0.25, 0.3) is 0 Å². The van der Waals surface area contributed by atoms with Crippen LogP contribution < -0.4 is 15.9 Å². The normalized spacial score (nSPS) is 21.3. The molecule has 2 saturated heterocycles. The molecule has 3 aliphatic rings. The van der Waals surface area contributed by atoms with Gasteiger partial charge in [-0.05, 0) is 31.2 Å². The lowest BCUT2D eigenvalue weighted by Crippen LogP contribution is -2.54. The van der Waals surface area contributed by atoms with Crippen LogP contribution in [0.1, 0.15) is 13.0 Å². The minimum absolute atomic E-state index is 0.123. The van der Waals surface area contributed by atoms with Crippen LogP contribution in [0.25, 0.3) is 22.0 Å². The average Bonchev–Trinajstić information content (AvgIpc) is 3.44. The van der Waals surface area contributed by atoms with Crippen molar-refractivity contribution in [3.8, 4) is 11.1 Å². The predicted octanol–water partition coefficient (Wildman–Crippen LogP) is 3.73. The number of anilines is 1. The van der Waals surface area contributed by atoms with Crippen molar-refractivity contribution in [1.29, 1.82) is 0 Å². The van der Waals surface area contributed by atoms with E-state index in [2.05, 4.69) is 21.8 Å². The van der Waals surface area contributed by atoms with E-state index in [0.29, 0.717) is 64.1 Å². The first kappa shape index (κ1) is 27.2. The van der Waals surface area contributed by atoms with Gasteiger partial charge in [0.05, 0.1) is 16.6 Å². The summed E-state index contributed by atoms with van der Waals surface area (Å²) in [5.74, 6) is -0.462. The first-order valence-corrected chi connectivity index (χ1v) is 14.6. The molecule has 1 aromatic heterocycles. The molecule has 0 bridgehead atoms. The fourth-order valence-electron chi connectivity index (χ4n) is 5.97. The topological polar surface area (TPSA) is 73.7 Å². The Morgan fingerprint density at radius 1 is 1.27 bits per heavy atom. The molecule has 0 radical (unpaired) electrons. The predicted molar refractivity (Wildman–Crippen MR) is 154 cm³/mol. The first-order valence-electron chi connectivity index (χ1n) is 13.2. The number of aromatic nitrogens is 2. The highest BCUT2D eigenvalue weighted by atomic mass is 35.5. The molecule has 1 unspecified atom stereocenters. The van der Waals surface area contributed by atoms with Gasteiger partial charge in [-0.3, -0.25) is 14.3 Å². The maximum atomic E-state index is 15.1. The molecule has 0 saturated carbocycles. The molecule has 3 aromatic rings. The number of nitrogens with zero attached hydrogens (tertiary/aromatic N) is 5. The Morgan fingerprint density at radius 2 is 2.10 bits per heavy atom. The summed E-state index contributed by atoms with van der Waals surface area (Å²) >= 11 is 8.40. The Labute approximate surface area is 239 Å². The maximum Gasteiger partial charge on any atom is 0.350 e. The quantitative estimate of drug-likeness (QED) is 0.457. The largest absolute Gasteiger partial charge is 0.350 e. The number of hydrogen-bond donors (Lipinski definition) is 1. The number of nitrogens with one attached hydrogen (secondary N) is 1. The number of amides is 1. The summed E-state index contributed by atoms with van der Waals surface area (Å²) in [6.45, 7) is 10.1. The lowest BCUT2D eigenvalue weighted by atomic mass is 10.0. The van der Waals surface area contributed by atoms with Gasteiger partial charge in [0.15, 0.2) is 0 Å². The SMILES string of the molecule is C=CC(=O)N1CCN(c2nc(=O)n3c4c(c(-c5ccc(F)cc5F)c(Cl)cc24)SCC3CN2CCNC2)[C@@H](C)C1. The Balaban J connectivity index is 1.54. The zero-order valence-electron chi connectivity index (χ0n) is 22.0. The van der Waals surface area contributed by atoms with E-state index in [4.69, 9.17) is 11.6 Å². The number of rotatable bonds is 5. The number of thioether (sulfide) groups is 1. The molecule has 2 fully saturated rings. The molecular weight excluding hydrogens is 558 g/mol. The van der Waals surface area contributed by atoms with E-state index in [9.17, 15) is 14.0 Å². The molecular formula is C28H29ClF2N6O2S. The maximum absolute atomic E-state index is 15.1. The monoisotopic (exact) mass is 586 g/mol. The van der Waals surface area contributed by atoms with Gasteiger partial charge in [-0.1, -0.05) is 18.2 Å². The van der Waals surface area contributed by atoms with Gasteiger partial charge in [-0.25, -0.2) is 13.6 Å². The Hall–Kier alpha value is -2.99. The Bertz CT molecular complexity index is 1580. The second-order valence-electron chi connectivity index (χ2n) is 10.4. The highest BCUT2D eigenvalue weighted by Crippen LogP contribution is 2.48. The number of halogens is 3. The summed E-state index contributed by atoms with van der Waals surface area (Å²) in [6.07, 6.45) is 1.30. The van der Waals surface area contributed by atoms with Gasteiger partial charge in [0, 0.05) is 85.2 Å². The molecule has 12 heteroatoms. The molecule has 1 N–H and O–H groups in total. The highest BCUT2D eigenvalue weighted by Gasteiger charge is 2.34. The van der Waals surface area contributed by atoms with Crippen LogP contribution in [-0.2, 0) is 4.79 Å². The van der Waals surface area contributed by atoms with E-state index in [0.717, 1.165) is 25.8 Å². The van der Waals surface area contributed by atoms with E-state index in [1.54, 1.807) is 15.5 Å². The van der Waals surface area contributed by atoms with Crippen LogP contribution in [0.2, 0.25) is 5.02 Å². The summed E-state index contributed by atoms with van der Waals surface area (Å²) in [7, 11) is 0. The third-order valence-corrected chi connectivity index (χ3v) is 9.41. The third kappa shape index (κ3) is 4.68. The van der Waals surface area contributed by atoms with Crippen molar-refractivity contribution in [2.75, 3.05) is 56.6 Å². The molecule has 210 valence electrons. The van der Waals surface area contributed by atoms with Crippen molar-refractivity contribution in [3.05, 3.63) is 64.1 Å². The summed E-state index contributed by atoms with van der Waals surface area (Å²) in [5, 5.41) is 4.32. The van der Waals surface area contributed by atoms with E-state index in [1.165, 1.54) is 30.0 Å². The van der Waals surface area contributed by atoms with Crippen LogP contribution in [-0.4, -0.2) is 83.0 Å². The zero-order chi connectivity index (χ0) is 28.1. The van der Waals surface area contributed by atoms with E-state index < -0.39 is 11.6 Å². The summed E-state index contributed by atoms with van der Waals surface area (Å²) in [4.78, 5) is 37.3. The minimum atomic E-state index is -0.719. The van der Waals surface area contributed by atoms with Crippen molar-refractivity contribution < 1.29 is 13.6 Å². The van der Waals surface area contributed by atoms with Gasteiger partial charge < -0.3 is 15.1 Å². The first-order chi connectivity index (χ1) is 19.3. The number of carbonyl (C=O) groups is 1. The molecule has 0 spiro atoms. The van der Waals surface area contributed by atoms with Crippen LogP contribution in [0, 0.1) is 11.6 Å². The highest BCUT2D eigenvalue weighted by molar-refractivity contribution is 7.99. The second kappa shape index (κ2) is 10.8. The number of piperazine rings is 1. The van der Waals surface area contributed by atoms with Crippen molar-refractivity contribution in [3.63, 3.8) is 0 Å². The van der Waals surface area contributed by atoms with Gasteiger partial charge in [-0.15, -0.1) is 11.8 Å². The van der Waals surface area contributed by atoms with Crippen LogP contribution in [0.5, 0.6) is 0 Å². The Morgan fingerprint density at radius 3 is 2.80 bits per heavy atom. The fraction of sp³-hybridized carbons (Fsp3) is 0.393. The molecule has 4 heterocycles. The van der Waals surface area contributed by atoms with Gasteiger partial charge in [0.1, 0.15) is 17.5 Å². The fourth-order valence-corrected chi connectivity index (χ4v) is 7.65. The molecule has 2 aromatic carbocycles. The van der Waals surface area contributed by atoms with Crippen molar-refractivity contribution >= 4 is 46.0 Å². The summed E-state index contributed by atoms with van der Waals surface area (Å²) in [6, 6.07) is 4.90. The number of benzene rings is 2. The van der Waals surface area contributed by atoms with Crippen LogP contribution in [0.3, 0.4) is 0 Å². The van der Waals surface area contributed by atoms with E-state index >= 15 is 4.39 Å². The second-order valence-corrected chi connectivity index (χ2v) is 11.8. The molecule has 40 heavy (non-hydrogen) atoms. The van der Waals surface area contributed by atoms with Gasteiger partial charge in [-0.2, -0.15) is 4.98 Å². The van der Waals surface area contributed by atoms with Crippen LogP contribution in [0.4, 0.5) is 14.6 Å². The van der Waals surface area contributed by atoms with Crippen LogP contribution in [0.15, 0.2) is 46.6 Å². The molecule has 6 rings (SSSR count). The van der Waals surface area contributed by atoms with Crippen molar-refractivity contribution in [2.24, 2.45) is 0 Å². The number of hydrogen-bond acceptors (Lipinski definition) is 7. The van der Waals surface area contributed by atoms with Crippen molar-refractivity contribution in [1.82, 2.24) is 24.7 Å². The van der Waals surface area contributed by atoms with Crippen molar-refractivity contribution in [2.45, 2.75) is 23.9 Å². The van der Waals surface area contributed by atoms with E-state index in [1.807, 2.05) is 11.8 Å². The Kier molecular flexibility index (Phi) is 7.32. The van der Waals surface area contributed by atoms with E-state index in [-0.39, 0.29) is 29.2 Å². The molecule has 0 aliphatic carbocycles. The summed E-state index contributed by atoms with van der Waals surface area (Å²) < 4.78 is 30.6. The smallest absolute Gasteiger partial charge is 0.350 e. The molecule has 3 aliphatic heterocycles. The van der Waals surface area contributed by atoms with Gasteiger partial charge >= 0.3 is 5.69 Å². The van der Waals surface area contributed by atoms with Crippen LogP contribution >= 0.6 is 23.4 Å². The lowest BCUT2D eigenvalue weighted by molar-refractivity contribution is -0.126. The third-order valence-electron chi connectivity index (χ3n) is 7.88.